The van der Waals surface area contributed by atoms with E-state index < -0.39 is 6.10 Å². The number of halogens is 1. The molecule has 0 spiro atoms. The van der Waals surface area contributed by atoms with E-state index >= 15 is 0 Å². The summed E-state index contributed by atoms with van der Waals surface area (Å²) < 4.78 is 10.8. The third-order valence-electron chi connectivity index (χ3n) is 3.63. The first-order chi connectivity index (χ1) is 10.2. The Bertz CT molecular complexity index is 393. The molecule has 0 aromatic heterocycles. The Morgan fingerprint density at radius 3 is 2.90 bits per heavy atom. The number of hydrogen-bond donors (Lipinski definition) is 2. The summed E-state index contributed by atoms with van der Waals surface area (Å²) >= 11 is 5.82. The summed E-state index contributed by atoms with van der Waals surface area (Å²) in [5.41, 5.74) is 1.06. The Kier molecular flexibility index (Phi) is 7.47. The van der Waals surface area contributed by atoms with Crippen LogP contribution in [0, 0.1) is 5.92 Å². The van der Waals surface area contributed by atoms with Gasteiger partial charge >= 0.3 is 0 Å². The lowest BCUT2D eigenvalue weighted by Gasteiger charge is -2.13. The Balaban J connectivity index is 1.49. The van der Waals surface area contributed by atoms with Gasteiger partial charge in [-0.1, -0.05) is 23.7 Å². The number of aliphatic hydroxyl groups excluding tert-OH is 1. The van der Waals surface area contributed by atoms with E-state index in [1.54, 1.807) is 0 Å². The van der Waals surface area contributed by atoms with E-state index in [4.69, 9.17) is 21.1 Å². The largest absolute Gasteiger partial charge is 0.389 e. The molecule has 0 saturated carbocycles. The van der Waals surface area contributed by atoms with Crippen LogP contribution in [0.1, 0.15) is 18.4 Å². The minimum Gasteiger partial charge on any atom is -0.389 e. The Morgan fingerprint density at radius 1 is 1.38 bits per heavy atom. The fraction of sp³-hybridized carbons (Fsp3) is 0.625. The van der Waals surface area contributed by atoms with Gasteiger partial charge in [-0.3, -0.25) is 0 Å². The van der Waals surface area contributed by atoms with Crippen LogP contribution >= 0.6 is 11.6 Å². The molecule has 0 amide bonds. The van der Waals surface area contributed by atoms with Gasteiger partial charge in [-0.05, 0) is 43.0 Å². The van der Waals surface area contributed by atoms with Gasteiger partial charge in [0, 0.05) is 24.8 Å². The van der Waals surface area contributed by atoms with Crippen LogP contribution in [-0.2, 0) is 16.1 Å². The maximum Gasteiger partial charge on any atom is 0.0897 e. The van der Waals surface area contributed by atoms with E-state index in [-0.39, 0.29) is 0 Å². The second kappa shape index (κ2) is 9.38. The fourth-order valence-corrected chi connectivity index (χ4v) is 2.46. The number of rotatable bonds is 9. The van der Waals surface area contributed by atoms with E-state index in [9.17, 15) is 5.11 Å². The molecule has 2 atom stereocenters. The lowest BCUT2D eigenvalue weighted by atomic mass is 10.1. The predicted molar refractivity (Wildman–Crippen MR) is 83.5 cm³/mol. The minimum atomic E-state index is -0.475. The molecular weight excluding hydrogens is 290 g/mol. The van der Waals surface area contributed by atoms with Crippen molar-refractivity contribution < 1.29 is 14.6 Å². The molecule has 5 heteroatoms. The molecule has 1 saturated heterocycles. The minimum absolute atomic E-state index is 0.335. The molecular formula is C16H24ClNO3. The van der Waals surface area contributed by atoms with Gasteiger partial charge in [0.1, 0.15) is 0 Å². The monoisotopic (exact) mass is 313 g/mol. The lowest BCUT2D eigenvalue weighted by Crippen LogP contribution is -2.31. The van der Waals surface area contributed by atoms with Crippen molar-refractivity contribution in [3.63, 3.8) is 0 Å². The smallest absolute Gasteiger partial charge is 0.0897 e. The Labute approximate surface area is 131 Å². The molecule has 0 radical (unpaired) electrons. The van der Waals surface area contributed by atoms with E-state index in [0.29, 0.717) is 25.7 Å². The highest BCUT2D eigenvalue weighted by molar-refractivity contribution is 6.30. The van der Waals surface area contributed by atoms with Gasteiger partial charge in [0.05, 0.1) is 19.3 Å². The summed E-state index contributed by atoms with van der Waals surface area (Å²) in [5, 5.41) is 13.8. The first kappa shape index (κ1) is 16.7. The summed E-state index contributed by atoms with van der Waals surface area (Å²) in [5.74, 6) is 0.677. The van der Waals surface area contributed by atoms with Gasteiger partial charge in [0.25, 0.3) is 0 Å². The van der Waals surface area contributed by atoms with Gasteiger partial charge in [-0.15, -0.1) is 0 Å². The number of benzene rings is 1. The van der Waals surface area contributed by atoms with Gasteiger partial charge < -0.3 is 19.9 Å². The zero-order valence-corrected chi connectivity index (χ0v) is 13.0. The molecule has 1 aromatic rings. The average molecular weight is 314 g/mol. The van der Waals surface area contributed by atoms with Crippen LogP contribution in [0.15, 0.2) is 24.3 Å². The molecule has 1 aliphatic rings. The van der Waals surface area contributed by atoms with Crippen molar-refractivity contribution in [2.45, 2.75) is 25.6 Å². The summed E-state index contributed by atoms with van der Waals surface area (Å²) in [7, 11) is 0. The molecule has 4 nitrogen and oxygen atoms in total. The van der Waals surface area contributed by atoms with Gasteiger partial charge in [0.15, 0.2) is 0 Å². The zero-order valence-electron chi connectivity index (χ0n) is 12.3. The van der Waals surface area contributed by atoms with Crippen molar-refractivity contribution >= 4 is 11.6 Å². The molecule has 1 aromatic carbocycles. The molecule has 1 heterocycles. The molecule has 1 fully saturated rings. The lowest BCUT2D eigenvalue weighted by molar-refractivity contribution is 0.0288. The van der Waals surface area contributed by atoms with Gasteiger partial charge in [0.2, 0.25) is 0 Å². The first-order valence-corrected chi connectivity index (χ1v) is 7.90. The highest BCUT2D eigenvalue weighted by Crippen LogP contribution is 2.15. The highest BCUT2D eigenvalue weighted by Gasteiger charge is 2.14. The maximum absolute atomic E-state index is 9.83. The summed E-state index contributed by atoms with van der Waals surface area (Å²) in [6.45, 7) is 4.09. The van der Waals surface area contributed by atoms with Crippen LogP contribution in [0.25, 0.3) is 0 Å². The fourth-order valence-electron chi connectivity index (χ4n) is 2.34. The van der Waals surface area contributed by atoms with Crippen LogP contribution in [0.4, 0.5) is 0 Å². The first-order valence-electron chi connectivity index (χ1n) is 7.53. The number of aliphatic hydroxyl groups is 1. The molecule has 2 N–H and O–H groups in total. The molecule has 0 aliphatic carbocycles. The van der Waals surface area contributed by atoms with Crippen LogP contribution in [0.3, 0.4) is 0 Å². The van der Waals surface area contributed by atoms with Crippen molar-refractivity contribution in [1.82, 2.24) is 5.32 Å². The SMILES string of the molecule is OC(CNCCC1CCOC1)COCc1ccc(Cl)cc1. The van der Waals surface area contributed by atoms with Crippen molar-refractivity contribution in [3.8, 4) is 0 Å². The highest BCUT2D eigenvalue weighted by atomic mass is 35.5. The molecule has 2 unspecified atom stereocenters. The second-order valence-electron chi connectivity index (χ2n) is 5.52. The van der Waals surface area contributed by atoms with Crippen molar-refractivity contribution in [1.29, 1.82) is 0 Å². The average Bonchev–Trinajstić information content (AvgIpc) is 2.99. The van der Waals surface area contributed by atoms with Crippen LogP contribution in [-0.4, -0.2) is 44.1 Å². The van der Waals surface area contributed by atoms with E-state index in [2.05, 4.69) is 5.32 Å². The van der Waals surface area contributed by atoms with Gasteiger partial charge in [-0.25, -0.2) is 0 Å². The topological polar surface area (TPSA) is 50.7 Å². The second-order valence-corrected chi connectivity index (χ2v) is 5.95. The third kappa shape index (κ3) is 6.76. The molecule has 118 valence electrons. The molecule has 2 rings (SSSR count). The Hall–Kier alpha value is -0.650. The summed E-state index contributed by atoms with van der Waals surface area (Å²) in [4.78, 5) is 0. The summed E-state index contributed by atoms with van der Waals surface area (Å²) in [6, 6.07) is 7.53. The van der Waals surface area contributed by atoms with E-state index in [1.807, 2.05) is 24.3 Å². The maximum atomic E-state index is 9.83. The Morgan fingerprint density at radius 2 is 2.19 bits per heavy atom. The third-order valence-corrected chi connectivity index (χ3v) is 3.88. The van der Waals surface area contributed by atoms with Crippen molar-refractivity contribution in [2.24, 2.45) is 5.92 Å². The predicted octanol–water partition coefficient (Wildman–Crippen LogP) is 2.23. The number of hydrogen-bond acceptors (Lipinski definition) is 4. The zero-order chi connectivity index (χ0) is 14.9. The summed E-state index contributed by atoms with van der Waals surface area (Å²) in [6.07, 6.45) is 1.80. The standard InChI is InChI=1S/C16H24ClNO3/c17-15-3-1-13(2-4-15)11-21-12-16(19)9-18-7-5-14-6-8-20-10-14/h1-4,14,16,18-19H,5-12H2. The van der Waals surface area contributed by atoms with Crippen molar-refractivity contribution in [2.75, 3.05) is 32.9 Å². The van der Waals surface area contributed by atoms with Crippen LogP contribution < -0.4 is 5.32 Å². The van der Waals surface area contributed by atoms with E-state index in [1.165, 1.54) is 0 Å². The normalized spacial score (nSPS) is 19.8. The number of ether oxygens (including phenoxy) is 2. The molecule has 1 aliphatic heterocycles. The number of nitrogens with one attached hydrogen (secondary N) is 1. The van der Waals surface area contributed by atoms with E-state index in [0.717, 1.165) is 43.2 Å². The van der Waals surface area contributed by atoms with Crippen LogP contribution in [0.5, 0.6) is 0 Å². The van der Waals surface area contributed by atoms with Crippen LogP contribution in [0.2, 0.25) is 5.02 Å². The van der Waals surface area contributed by atoms with Crippen molar-refractivity contribution in [3.05, 3.63) is 34.9 Å². The molecule has 21 heavy (non-hydrogen) atoms. The quantitative estimate of drug-likeness (QED) is 0.687. The molecule has 0 bridgehead atoms. The van der Waals surface area contributed by atoms with Gasteiger partial charge in [-0.2, -0.15) is 0 Å².